The van der Waals surface area contributed by atoms with E-state index in [1.54, 1.807) is 13.8 Å². The van der Waals surface area contributed by atoms with Gasteiger partial charge in [-0.15, -0.1) is 0 Å². The topological polar surface area (TPSA) is 256 Å². The first kappa shape index (κ1) is 33.0. The number of ether oxygens (including phenoxy) is 3. The fourth-order valence-corrected chi connectivity index (χ4v) is 3.36. The van der Waals surface area contributed by atoms with Crippen LogP contribution >= 0.6 is 0 Å². The van der Waals surface area contributed by atoms with Crippen LogP contribution in [0.4, 0.5) is 4.79 Å². The quantitative estimate of drug-likeness (QED) is 0.107. The molecule has 0 aliphatic carbocycles. The van der Waals surface area contributed by atoms with Gasteiger partial charge in [0, 0.05) is 6.42 Å². The molecular weight excluding hydrogens is 512 g/mol. The van der Waals surface area contributed by atoms with Crippen molar-refractivity contribution in [2.45, 2.75) is 89.4 Å². The number of amides is 4. The molecule has 5 unspecified atom stereocenters. The number of nitrogens with two attached hydrogens (primary N) is 1. The lowest BCUT2D eigenvalue weighted by molar-refractivity contribution is -0.265. The van der Waals surface area contributed by atoms with Gasteiger partial charge in [0.2, 0.25) is 17.7 Å². The molecule has 1 fully saturated rings. The smallest absolute Gasteiger partial charge is 0.407 e. The summed E-state index contributed by atoms with van der Waals surface area (Å²) in [6, 6.07) is -3.88. The summed E-state index contributed by atoms with van der Waals surface area (Å²) in [4.78, 5) is 59.5. The van der Waals surface area contributed by atoms with Gasteiger partial charge >= 0.3 is 12.1 Å². The van der Waals surface area contributed by atoms with Gasteiger partial charge in [0.1, 0.15) is 42.5 Å². The molecule has 0 bridgehead atoms. The van der Waals surface area contributed by atoms with Crippen molar-refractivity contribution in [2.24, 2.45) is 11.7 Å². The number of carboxylic acid groups (broad SMARTS) is 1. The lowest BCUT2D eigenvalue weighted by Crippen LogP contribution is -2.66. The van der Waals surface area contributed by atoms with Crippen molar-refractivity contribution >= 4 is 29.8 Å². The van der Waals surface area contributed by atoms with Gasteiger partial charge in [0.15, 0.2) is 6.29 Å². The Morgan fingerprint density at radius 3 is 2.18 bits per heavy atom. The van der Waals surface area contributed by atoms with Crippen LogP contribution in [0.2, 0.25) is 0 Å². The molecule has 38 heavy (non-hydrogen) atoms. The molecule has 218 valence electrons. The number of carboxylic acids is 1. The van der Waals surface area contributed by atoms with Gasteiger partial charge in [-0.3, -0.25) is 19.2 Å². The normalized spacial score (nSPS) is 25.5. The minimum atomic E-state index is -1.73. The summed E-state index contributed by atoms with van der Waals surface area (Å²) in [5.74, 6) is -3.80. The molecule has 0 spiro atoms. The van der Waals surface area contributed by atoms with Crippen LogP contribution in [0.25, 0.3) is 0 Å². The molecule has 16 nitrogen and oxygen atoms in total. The summed E-state index contributed by atoms with van der Waals surface area (Å²) in [5, 5.41) is 46.1. The average Bonchev–Trinajstić information content (AvgIpc) is 2.83. The minimum absolute atomic E-state index is 0.0167. The zero-order chi connectivity index (χ0) is 29.2. The number of alkyl carbamates (subject to hydrolysis) is 1. The maximum atomic E-state index is 12.7. The number of carbonyl (C=O) groups excluding carboxylic acids is 4. The Hall–Kier alpha value is -3.05. The molecule has 8 atom stereocenters. The molecule has 1 rings (SSSR count). The van der Waals surface area contributed by atoms with E-state index in [-0.39, 0.29) is 18.9 Å². The predicted molar refractivity (Wildman–Crippen MR) is 127 cm³/mol. The second kappa shape index (κ2) is 15.4. The molecule has 16 heteroatoms. The summed E-state index contributed by atoms with van der Waals surface area (Å²) in [5.41, 5.74) is 5.19. The highest BCUT2D eigenvalue weighted by molar-refractivity contribution is 5.92. The Kier molecular flexibility index (Phi) is 13.4. The molecule has 0 saturated carbocycles. The highest BCUT2D eigenvalue weighted by Crippen LogP contribution is 2.24. The van der Waals surface area contributed by atoms with E-state index in [1.807, 2.05) is 0 Å². The number of aliphatic carboxylic acids is 1. The molecule has 0 aromatic carbocycles. The Labute approximate surface area is 219 Å². The number of hydrogen-bond donors (Lipinski definition) is 8. The first-order chi connectivity index (χ1) is 17.7. The highest BCUT2D eigenvalue weighted by atomic mass is 16.6. The maximum Gasteiger partial charge on any atom is 0.407 e. The number of aliphatic hydroxyl groups is 3. The zero-order valence-electron chi connectivity index (χ0n) is 21.7. The summed E-state index contributed by atoms with van der Waals surface area (Å²) in [7, 11) is 0. The van der Waals surface area contributed by atoms with E-state index in [2.05, 4.69) is 16.0 Å². The summed E-state index contributed by atoms with van der Waals surface area (Å²) in [6.45, 7) is 5.53. The molecule has 4 amide bonds. The Balaban J connectivity index is 2.86. The number of hydrogen-bond acceptors (Lipinski definition) is 11. The van der Waals surface area contributed by atoms with Crippen molar-refractivity contribution in [3.8, 4) is 0 Å². The number of primary amides is 1. The lowest BCUT2D eigenvalue weighted by Gasteiger charge is -2.43. The first-order valence-corrected chi connectivity index (χ1v) is 12.0. The summed E-state index contributed by atoms with van der Waals surface area (Å²) < 4.78 is 15.7. The molecule has 0 radical (unpaired) electrons. The van der Waals surface area contributed by atoms with Gasteiger partial charge in [0.25, 0.3) is 0 Å². The number of carbonyl (C=O) groups is 5. The summed E-state index contributed by atoms with van der Waals surface area (Å²) >= 11 is 0. The van der Waals surface area contributed by atoms with Crippen LogP contribution in [-0.2, 0) is 33.4 Å². The van der Waals surface area contributed by atoms with E-state index in [4.69, 9.17) is 25.1 Å². The zero-order valence-corrected chi connectivity index (χ0v) is 21.7. The molecule has 1 aliphatic rings. The van der Waals surface area contributed by atoms with Crippen LogP contribution in [0.15, 0.2) is 0 Å². The molecule has 1 heterocycles. The van der Waals surface area contributed by atoms with Crippen molar-refractivity contribution in [2.75, 3.05) is 13.2 Å². The van der Waals surface area contributed by atoms with Crippen LogP contribution in [0, 0.1) is 5.92 Å². The van der Waals surface area contributed by atoms with Crippen LogP contribution < -0.4 is 21.7 Å². The van der Waals surface area contributed by atoms with Gasteiger partial charge < -0.3 is 56.3 Å². The van der Waals surface area contributed by atoms with Crippen molar-refractivity contribution < 1.29 is 58.6 Å². The Morgan fingerprint density at radius 2 is 1.66 bits per heavy atom. The fraction of sp³-hybridized carbons (Fsp3) is 0.773. The first-order valence-electron chi connectivity index (χ1n) is 12.0. The molecular formula is C22H38N4O12. The van der Waals surface area contributed by atoms with Gasteiger partial charge in [0.05, 0.1) is 13.2 Å². The minimum Gasteiger partial charge on any atom is -0.481 e. The van der Waals surface area contributed by atoms with E-state index in [1.165, 1.54) is 13.8 Å². The SMILES string of the molecule is CC(C)COC(=O)NC1C(O)OC(CO)C(O)C1O[C@H](C)C(=O)N[C@@H](C)C(=O)N[C@H](CCC(=O)O)C(N)=O. The fourth-order valence-electron chi connectivity index (χ4n) is 3.36. The maximum absolute atomic E-state index is 12.7. The molecule has 0 aromatic heterocycles. The molecule has 1 aliphatic heterocycles. The second-order valence-corrected chi connectivity index (χ2v) is 9.27. The van der Waals surface area contributed by atoms with Crippen LogP contribution in [0.3, 0.4) is 0 Å². The van der Waals surface area contributed by atoms with Crippen molar-refractivity contribution in [3.63, 3.8) is 0 Å². The van der Waals surface area contributed by atoms with Gasteiger partial charge in [-0.2, -0.15) is 0 Å². The Morgan fingerprint density at radius 1 is 1.03 bits per heavy atom. The van der Waals surface area contributed by atoms with Gasteiger partial charge in [-0.05, 0) is 26.2 Å². The largest absolute Gasteiger partial charge is 0.481 e. The van der Waals surface area contributed by atoms with E-state index in [0.717, 1.165) is 0 Å². The summed E-state index contributed by atoms with van der Waals surface area (Å²) in [6.07, 6.45) is -9.02. The van der Waals surface area contributed by atoms with Crippen molar-refractivity contribution in [3.05, 3.63) is 0 Å². The van der Waals surface area contributed by atoms with Crippen molar-refractivity contribution in [1.29, 1.82) is 0 Å². The van der Waals surface area contributed by atoms with E-state index < -0.39 is 91.6 Å². The molecule has 1 saturated heterocycles. The third-order valence-corrected chi connectivity index (χ3v) is 5.49. The molecule has 9 N–H and O–H groups in total. The van der Waals surface area contributed by atoms with Crippen LogP contribution in [0.1, 0.15) is 40.5 Å². The number of nitrogens with one attached hydrogen (secondary N) is 3. The van der Waals surface area contributed by atoms with E-state index in [9.17, 15) is 39.3 Å². The van der Waals surface area contributed by atoms with Crippen LogP contribution in [-0.4, -0.2) is 112 Å². The monoisotopic (exact) mass is 550 g/mol. The van der Waals surface area contributed by atoms with E-state index >= 15 is 0 Å². The standard InChI is InChI=1S/C22H38N4O12/c1-9(2)8-36-22(35)26-15-17(16(30)13(7-27)38-21(15)34)37-11(4)20(33)24-10(3)19(32)25-12(18(23)31)5-6-14(28)29/h9-13,15-17,21,27,30,34H,5-8H2,1-4H3,(H2,23,31)(H,24,33)(H,25,32)(H,26,35)(H,28,29)/t10-,11+,12+,13?,15?,16?,17?,21?/m0/s1. The Bertz CT molecular complexity index is 841. The highest BCUT2D eigenvalue weighted by Gasteiger charge is 2.47. The third kappa shape index (κ3) is 10.4. The van der Waals surface area contributed by atoms with Gasteiger partial charge in [-0.25, -0.2) is 4.79 Å². The second-order valence-electron chi connectivity index (χ2n) is 9.27. The predicted octanol–water partition coefficient (Wildman–Crippen LogP) is -3.08. The third-order valence-electron chi connectivity index (χ3n) is 5.49. The lowest BCUT2D eigenvalue weighted by atomic mass is 9.96. The molecule has 0 aromatic rings. The number of aliphatic hydroxyl groups excluding tert-OH is 3. The van der Waals surface area contributed by atoms with Crippen molar-refractivity contribution in [1.82, 2.24) is 16.0 Å². The average molecular weight is 551 g/mol. The van der Waals surface area contributed by atoms with Crippen LogP contribution in [0.5, 0.6) is 0 Å². The number of rotatable bonds is 14. The van der Waals surface area contributed by atoms with Gasteiger partial charge in [-0.1, -0.05) is 13.8 Å². The van der Waals surface area contributed by atoms with E-state index in [0.29, 0.717) is 0 Å².